The maximum absolute atomic E-state index is 13.3. The number of hydrogen-bond donors (Lipinski definition) is 2. The third-order valence-corrected chi connectivity index (χ3v) is 4.11. The second-order valence-electron chi connectivity index (χ2n) is 5.12. The van der Waals surface area contributed by atoms with Crippen LogP contribution in [-0.2, 0) is 0 Å². The third kappa shape index (κ3) is 3.86. The van der Waals surface area contributed by atoms with Crippen LogP contribution >= 0.6 is 11.8 Å². The number of nitrogens with one attached hydrogen (secondary N) is 2. The van der Waals surface area contributed by atoms with Crippen molar-refractivity contribution in [1.29, 1.82) is 0 Å². The minimum absolute atomic E-state index is 0.0980. The summed E-state index contributed by atoms with van der Waals surface area (Å²) >= 11 is 1.71. The van der Waals surface area contributed by atoms with Gasteiger partial charge in [-0.2, -0.15) is 0 Å². The number of amides is 2. The van der Waals surface area contributed by atoms with Crippen molar-refractivity contribution >= 4 is 17.8 Å². The summed E-state index contributed by atoms with van der Waals surface area (Å²) in [5.74, 6) is 1.10. The lowest BCUT2D eigenvalue weighted by Gasteiger charge is -2.26. The molecule has 104 valence electrons. The summed E-state index contributed by atoms with van der Waals surface area (Å²) in [5.41, 5.74) is 0.885. The monoisotopic (exact) mass is 282 g/mol. The van der Waals surface area contributed by atoms with Gasteiger partial charge in [0.15, 0.2) is 0 Å². The summed E-state index contributed by atoms with van der Waals surface area (Å²) in [6.07, 6.45) is 0.830. The first-order chi connectivity index (χ1) is 9.06. The second-order valence-corrected chi connectivity index (χ2v) is 6.26. The summed E-state index contributed by atoms with van der Waals surface area (Å²) in [6.45, 7) is 4.73. The van der Waals surface area contributed by atoms with Crippen LogP contribution in [0, 0.1) is 11.7 Å². The quantitative estimate of drug-likeness (QED) is 0.893. The van der Waals surface area contributed by atoms with Crippen molar-refractivity contribution < 1.29 is 9.18 Å². The van der Waals surface area contributed by atoms with Gasteiger partial charge in [-0.3, -0.25) is 0 Å². The van der Waals surface area contributed by atoms with Crippen LogP contribution < -0.4 is 10.6 Å². The van der Waals surface area contributed by atoms with Gasteiger partial charge in [0.25, 0.3) is 0 Å². The van der Waals surface area contributed by atoms with Crippen molar-refractivity contribution in [2.24, 2.45) is 5.92 Å². The summed E-state index contributed by atoms with van der Waals surface area (Å²) in [4.78, 5) is 12.8. The average molecular weight is 282 g/mol. The van der Waals surface area contributed by atoms with Crippen LogP contribution in [0.2, 0.25) is 0 Å². The largest absolute Gasteiger partial charge is 0.338 e. The molecule has 0 aromatic heterocycles. The van der Waals surface area contributed by atoms with Gasteiger partial charge in [-0.1, -0.05) is 13.8 Å². The van der Waals surface area contributed by atoms with Crippen molar-refractivity contribution in [3.05, 3.63) is 29.6 Å². The lowest BCUT2D eigenvalue weighted by Crippen LogP contribution is -2.40. The van der Waals surface area contributed by atoms with E-state index in [1.165, 1.54) is 12.1 Å². The molecular weight excluding hydrogens is 263 g/mol. The summed E-state index contributed by atoms with van der Waals surface area (Å²) in [6, 6.07) is 4.50. The Bertz CT molecular complexity index is 465. The van der Waals surface area contributed by atoms with E-state index in [9.17, 15) is 9.18 Å². The Morgan fingerprint density at radius 2 is 2.32 bits per heavy atom. The minimum atomic E-state index is -0.254. The van der Waals surface area contributed by atoms with Gasteiger partial charge in [0, 0.05) is 17.2 Å². The molecule has 1 aliphatic heterocycles. The van der Waals surface area contributed by atoms with Gasteiger partial charge in [0.2, 0.25) is 0 Å². The topological polar surface area (TPSA) is 41.1 Å². The van der Waals surface area contributed by atoms with Crippen LogP contribution in [0.1, 0.15) is 31.9 Å². The fraction of sp³-hybridized carbons (Fsp3) is 0.500. The van der Waals surface area contributed by atoms with E-state index in [1.54, 1.807) is 17.8 Å². The van der Waals surface area contributed by atoms with E-state index in [-0.39, 0.29) is 17.9 Å². The first-order valence-corrected chi connectivity index (χ1v) is 7.51. The molecule has 1 heterocycles. The van der Waals surface area contributed by atoms with Gasteiger partial charge in [0.1, 0.15) is 5.82 Å². The Labute approximate surface area is 117 Å². The number of carbonyl (C=O) groups is 1. The summed E-state index contributed by atoms with van der Waals surface area (Å²) < 4.78 is 13.3. The molecule has 1 aromatic carbocycles. The van der Waals surface area contributed by atoms with Gasteiger partial charge >= 0.3 is 6.03 Å². The van der Waals surface area contributed by atoms with E-state index >= 15 is 0 Å². The molecule has 1 aliphatic rings. The fourth-order valence-corrected chi connectivity index (χ4v) is 3.13. The van der Waals surface area contributed by atoms with E-state index in [0.717, 1.165) is 22.6 Å². The normalized spacial score (nSPS) is 18.0. The number of hydrogen-bond acceptors (Lipinski definition) is 2. The first-order valence-electron chi connectivity index (χ1n) is 6.53. The Balaban J connectivity index is 2.03. The second kappa shape index (κ2) is 6.28. The van der Waals surface area contributed by atoms with Crippen molar-refractivity contribution in [3.63, 3.8) is 0 Å². The molecule has 19 heavy (non-hydrogen) atoms. The zero-order valence-electron chi connectivity index (χ0n) is 11.2. The maximum Gasteiger partial charge on any atom is 0.315 e. The number of halogens is 1. The molecule has 1 unspecified atom stereocenters. The summed E-state index contributed by atoms with van der Waals surface area (Å²) in [5, 5.41) is 5.75. The van der Waals surface area contributed by atoms with E-state index in [0.29, 0.717) is 12.5 Å². The summed E-state index contributed by atoms with van der Waals surface area (Å²) in [7, 11) is 0. The van der Waals surface area contributed by atoms with E-state index < -0.39 is 0 Å². The Morgan fingerprint density at radius 3 is 3.05 bits per heavy atom. The molecule has 2 rings (SSSR count). The Kier molecular flexibility index (Phi) is 4.69. The predicted molar refractivity (Wildman–Crippen MR) is 75.9 cm³/mol. The standard InChI is InChI=1S/C14H19FN2OS/c1-9(2)8-16-14(18)17-12-5-6-19-13-4-3-10(15)7-11(12)13/h3-4,7,9,12H,5-6,8H2,1-2H3,(H2,16,17,18). The smallest absolute Gasteiger partial charge is 0.315 e. The Morgan fingerprint density at radius 1 is 1.53 bits per heavy atom. The fourth-order valence-electron chi connectivity index (χ4n) is 2.02. The predicted octanol–water partition coefficient (Wildman–Crippen LogP) is 3.32. The first kappa shape index (κ1) is 14.2. The van der Waals surface area contributed by atoms with E-state index in [2.05, 4.69) is 10.6 Å². The molecule has 0 saturated carbocycles. The lowest BCUT2D eigenvalue weighted by atomic mass is 10.0. The van der Waals surface area contributed by atoms with E-state index in [1.807, 2.05) is 13.8 Å². The van der Waals surface area contributed by atoms with Crippen molar-refractivity contribution in [3.8, 4) is 0 Å². The molecule has 3 nitrogen and oxygen atoms in total. The van der Waals surface area contributed by atoms with Crippen LogP contribution in [0.5, 0.6) is 0 Å². The highest BCUT2D eigenvalue weighted by Gasteiger charge is 2.22. The van der Waals surface area contributed by atoms with Gasteiger partial charge in [-0.05, 0) is 36.1 Å². The third-order valence-electron chi connectivity index (χ3n) is 2.99. The SMILES string of the molecule is CC(C)CNC(=O)NC1CCSc2ccc(F)cc21. The molecule has 2 N–H and O–H groups in total. The molecule has 0 spiro atoms. The van der Waals surface area contributed by atoms with Gasteiger partial charge in [-0.25, -0.2) is 9.18 Å². The molecule has 0 radical (unpaired) electrons. The zero-order chi connectivity index (χ0) is 13.8. The number of rotatable bonds is 3. The number of thioether (sulfide) groups is 1. The van der Waals surface area contributed by atoms with Gasteiger partial charge < -0.3 is 10.6 Å². The highest BCUT2D eigenvalue weighted by molar-refractivity contribution is 7.99. The van der Waals surface area contributed by atoms with Crippen LogP contribution in [0.15, 0.2) is 23.1 Å². The highest BCUT2D eigenvalue weighted by atomic mass is 32.2. The highest BCUT2D eigenvalue weighted by Crippen LogP contribution is 2.36. The van der Waals surface area contributed by atoms with Crippen molar-refractivity contribution in [2.45, 2.75) is 31.2 Å². The van der Waals surface area contributed by atoms with E-state index in [4.69, 9.17) is 0 Å². The number of benzene rings is 1. The zero-order valence-corrected chi connectivity index (χ0v) is 12.0. The molecular formula is C14H19FN2OS. The Hall–Kier alpha value is -1.23. The molecule has 0 bridgehead atoms. The van der Waals surface area contributed by atoms with Crippen LogP contribution in [0.3, 0.4) is 0 Å². The molecule has 5 heteroatoms. The molecule has 0 saturated heterocycles. The number of urea groups is 1. The number of carbonyl (C=O) groups excluding carboxylic acids is 1. The molecule has 2 amide bonds. The average Bonchev–Trinajstić information content (AvgIpc) is 2.37. The molecule has 1 atom stereocenters. The van der Waals surface area contributed by atoms with Crippen LogP contribution in [0.25, 0.3) is 0 Å². The molecule has 0 aliphatic carbocycles. The lowest BCUT2D eigenvalue weighted by molar-refractivity contribution is 0.235. The van der Waals surface area contributed by atoms with Crippen LogP contribution in [-0.4, -0.2) is 18.3 Å². The maximum atomic E-state index is 13.3. The van der Waals surface area contributed by atoms with Crippen molar-refractivity contribution in [2.75, 3.05) is 12.3 Å². The number of fused-ring (bicyclic) bond motifs is 1. The van der Waals surface area contributed by atoms with Gasteiger partial charge in [0.05, 0.1) is 6.04 Å². The van der Waals surface area contributed by atoms with Crippen molar-refractivity contribution in [1.82, 2.24) is 10.6 Å². The minimum Gasteiger partial charge on any atom is -0.338 e. The molecule has 0 fully saturated rings. The van der Waals surface area contributed by atoms with Gasteiger partial charge in [-0.15, -0.1) is 11.8 Å². The van der Waals surface area contributed by atoms with Crippen LogP contribution in [0.4, 0.5) is 9.18 Å². The molecule has 1 aromatic rings.